The van der Waals surface area contributed by atoms with E-state index >= 15 is 0 Å². The largest absolute Gasteiger partial charge is 0.236 e. The maximum absolute atomic E-state index is 5.19. The highest BCUT2D eigenvalue weighted by Gasteiger charge is 2.16. The zero-order valence-corrected chi connectivity index (χ0v) is 23.7. The minimum absolute atomic E-state index is 0.676. The molecule has 3 heterocycles. The van der Waals surface area contributed by atoms with E-state index in [1.165, 1.54) is 25.7 Å². The van der Waals surface area contributed by atoms with Crippen molar-refractivity contribution in [3.05, 3.63) is 134 Å². The Labute approximate surface area is 251 Å². The van der Waals surface area contributed by atoms with Crippen LogP contribution in [0.5, 0.6) is 0 Å². The Bertz CT molecular complexity index is 2500. The van der Waals surface area contributed by atoms with Crippen LogP contribution in [0.25, 0.3) is 86.7 Å². The Kier molecular flexibility index (Phi) is 5.33. The lowest BCUT2D eigenvalue weighted by atomic mass is 10.0. The van der Waals surface area contributed by atoms with E-state index in [1.807, 2.05) is 29.8 Å². The van der Waals surface area contributed by atoms with E-state index in [2.05, 4.69) is 115 Å². The van der Waals surface area contributed by atoms with E-state index < -0.39 is 0 Å². The maximum Gasteiger partial charge on any atom is 0.159 e. The summed E-state index contributed by atoms with van der Waals surface area (Å²) >= 11 is 1.81. The Morgan fingerprint density at radius 2 is 0.884 bits per heavy atom. The van der Waals surface area contributed by atoms with Crippen molar-refractivity contribution >= 4 is 64.1 Å². The molecule has 9 aromatic rings. The van der Waals surface area contributed by atoms with Gasteiger partial charge in [0.25, 0.3) is 0 Å². The number of rotatable bonds is 3. The summed E-state index contributed by atoms with van der Waals surface area (Å²) < 4.78 is 2.55. The van der Waals surface area contributed by atoms with Crippen LogP contribution in [0.15, 0.2) is 134 Å². The average Bonchev–Trinajstić information content (AvgIpc) is 3.46. The number of nitrogens with zero attached hydrogens (tertiary/aromatic N) is 4. The van der Waals surface area contributed by atoms with Crippen molar-refractivity contribution in [1.82, 2.24) is 19.9 Å². The fourth-order valence-electron chi connectivity index (χ4n) is 6.06. The molecule has 0 atom stereocenters. The molecule has 0 N–H and O–H groups in total. The zero-order chi connectivity index (χ0) is 28.3. The van der Waals surface area contributed by atoms with Crippen molar-refractivity contribution in [3.63, 3.8) is 0 Å². The molecular formula is C38H22N4S. The van der Waals surface area contributed by atoms with Gasteiger partial charge in [0, 0.05) is 54.5 Å². The minimum Gasteiger partial charge on any atom is -0.236 e. The minimum atomic E-state index is 0.676. The lowest BCUT2D eigenvalue weighted by molar-refractivity contribution is 1.21. The van der Waals surface area contributed by atoms with Gasteiger partial charge in [0.2, 0.25) is 0 Å². The Balaban J connectivity index is 1.24. The molecule has 0 amide bonds. The quantitative estimate of drug-likeness (QED) is 0.200. The molecule has 0 saturated carbocycles. The molecular weight excluding hydrogens is 545 g/mol. The number of aromatic nitrogens is 4. The summed E-state index contributed by atoms with van der Waals surface area (Å²) in [6.45, 7) is 0. The van der Waals surface area contributed by atoms with Gasteiger partial charge in [-0.3, -0.25) is 0 Å². The van der Waals surface area contributed by atoms with Crippen LogP contribution < -0.4 is 0 Å². The molecule has 0 aliphatic carbocycles. The van der Waals surface area contributed by atoms with Crippen LogP contribution in [0, 0.1) is 0 Å². The fraction of sp³-hybridized carbons (Fsp3) is 0. The first kappa shape index (κ1) is 24.1. The SMILES string of the molecule is c1ccc(-c2ccc(-c3ncc4c5ccccc5c5cnc(-c6ccc7sc8ccccc8c7c6)nc5c4n3)cc2)cc1. The van der Waals surface area contributed by atoms with Crippen molar-refractivity contribution in [3.8, 4) is 33.9 Å². The molecule has 0 unspecified atom stereocenters. The first-order chi connectivity index (χ1) is 21.3. The molecule has 0 bridgehead atoms. The number of benzene rings is 6. The van der Waals surface area contributed by atoms with Gasteiger partial charge >= 0.3 is 0 Å². The van der Waals surface area contributed by atoms with Crippen LogP contribution in [-0.4, -0.2) is 19.9 Å². The van der Waals surface area contributed by atoms with Crippen molar-refractivity contribution in [2.24, 2.45) is 0 Å². The second-order valence-electron chi connectivity index (χ2n) is 10.7. The van der Waals surface area contributed by atoms with E-state index in [4.69, 9.17) is 19.9 Å². The summed E-state index contributed by atoms with van der Waals surface area (Å²) in [5.74, 6) is 1.36. The summed E-state index contributed by atoms with van der Waals surface area (Å²) in [6.07, 6.45) is 3.89. The number of fused-ring (bicyclic) bond motifs is 9. The van der Waals surface area contributed by atoms with Gasteiger partial charge in [-0.1, -0.05) is 97.1 Å². The molecule has 4 nitrogen and oxygen atoms in total. The van der Waals surface area contributed by atoms with E-state index in [-0.39, 0.29) is 0 Å². The highest BCUT2D eigenvalue weighted by molar-refractivity contribution is 7.25. The van der Waals surface area contributed by atoms with Crippen LogP contribution in [0.1, 0.15) is 0 Å². The molecule has 0 saturated heterocycles. The molecule has 0 radical (unpaired) electrons. The monoisotopic (exact) mass is 566 g/mol. The van der Waals surface area contributed by atoms with Gasteiger partial charge in [-0.2, -0.15) is 0 Å². The first-order valence-corrected chi connectivity index (χ1v) is 15.0. The molecule has 9 rings (SSSR count). The fourth-order valence-corrected chi connectivity index (χ4v) is 7.14. The third-order valence-corrected chi connectivity index (χ3v) is 9.35. The van der Waals surface area contributed by atoms with Gasteiger partial charge < -0.3 is 0 Å². The highest BCUT2D eigenvalue weighted by atomic mass is 32.1. The summed E-state index contributed by atoms with van der Waals surface area (Å²) in [5.41, 5.74) is 5.96. The van der Waals surface area contributed by atoms with Crippen LogP contribution >= 0.6 is 11.3 Å². The highest BCUT2D eigenvalue weighted by Crippen LogP contribution is 2.38. The lowest BCUT2D eigenvalue weighted by Crippen LogP contribution is -1.96. The summed E-state index contributed by atoms with van der Waals surface area (Å²) in [4.78, 5) is 20.0. The van der Waals surface area contributed by atoms with Crippen molar-refractivity contribution < 1.29 is 0 Å². The molecule has 0 spiro atoms. The Morgan fingerprint density at radius 3 is 1.58 bits per heavy atom. The predicted octanol–water partition coefficient (Wildman–Crippen LogP) is 10.1. The smallest absolute Gasteiger partial charge is 0.159 e. The third kappa shape index (κ3) is 3.90. The van der Waals surface area contributed by atoms with Crippen LogP contribution in [0.3, 0.4) is 0 Å². The van der Waals surface area contributed by atoms with Gasteiger partial charge in [0.15, 0.2) is 11.6 Å². The van der Waals surface area contributed by atoms with Gasteiger partial charge in [-0.05, 0) is 46.2 Å². The molecule has 0 aliphatic heterocycles. The second-order valence-corrected chi connectivity index (χ2v) is 11.8. The normalized spacial score (nSPS) is 11.7. The molecule has 3 aromatic heterocycles. The number of thiophene rings is 1. The second kappa shape index (κ2) is 9.51. The standard InChI is InChI=1S/C38H22N4S/c1-2-8-23(9-3-1)24-14-16-25(17-15-24)37-39-21-31-27-10-4-5-11-28(27)32-22-40-38(42-36(32)35(31)41-37)26-18-19-34-30(20-26)29-12-6-7-13-33(29)43-34/h1-22H. The van der Waals surface area contributed by atoms with Gasteiger partial charge in [0.05, 0.1) is 0 Å². The first-order valence-electron chi connectivity index (χ1n) is 14.2. The van der Waals surface area contributed by atoms with Crippen molar-refractivity contribution in [1.29, 1.82) is 0 Å². The van der Waals surface area contributed by atoms with E-state index in [1.54, 1.807) is 0 Å². The molecule has 43 heavy (non-hydrogen) atoms. The van der Waals surface area contributed by atoms with E-state index in [0.29, 0.717) is 11.6 Å². The lowest BCUT2D eigenvalue weighted by Gasteiger charge is -2.11. The maximum atomic E-state index is 5.19. The number of hydrogen-bond acceptors (Lipinski definition) is 5. The van der Waals surface area contributed by atoms with Crippen molar-refractivity contribution in [2.75, 3.05) is 0 Å². The zero-order valence-electron chi connectivity index (χ0n) is 22.9. The van der Waals surface area contributed by atoms with Gasteiger partial charge in [-0.25, -0.2) is 19.9 Å². The van der Waals surface area contributed by atoms with Crippen LogP contribution in [-0.2, 0) is 0 Å². The summed E-state index contributed by atoms with van der Waals surface area (Å²) in [5, 5.41) is 6.65. The topological polar surface area (TPSA) is 51.6 Å². The molecule has 0 fully saturated rings. The third-order valence-electron chi connectivity index (χ3n) is 8.19. The van der Waals surface area contributed by atoms with Crippen molar-refractivity contribution in [2.45, 2.75) is 0 Å². The molecule has 5 heteroatoms. The Hall–Kier alpha value is -5.52. The predicted molar refractivity (Wildman–Crippen MR) is 179 cm³/mol. The molecule has 6 aromatic carbocycles. The number of hydrogen-bond donors (Lipinski definition) is 0. The summed E-state index contributed by atoms with van der Waals surface area (Å²) in [6, 6.07) is 42.2. The Morgan fingerprint density at radius 1 is 0.372 bits per heavy atom. The molecule has 0 aliphatic rings. The summed E-state index contributed by atoms with van der Waals surface area (Å²) in [7, 11) is 0. The van der Waals surface area contributed by atoms with Crippen LogP contribution in [0.2, 0.25) is 0 Å². The van der Waals surface area contributed by atoms with E-state index in [0.717, 1.165) is 49.3 Å². The van der Waals surface area contributed by atoms with E-state index in [9.17, 15) is 0 Å². The average molecular weight is 567 g/mol. The molecule has 200 valence electrons. The van der Waals surface area contributed by atoms with Crippen LogP contribution in [0.4, 0.5) is 0 Å². The van der Waals surface area contributed by atoms with Gasteiger partial charge in [-0.15, -0.1) is 11.3 Å². The van der Waals surface area contributed by atoms with Gasteiger partial charge in [0.1, 0.15) is 11.0 Å².